The molecule has 0 saturated carbocycles. The van der Waals surface area contributed by atoms with Crippen LogP contribution in [0.5, 0.6) is 0 Å². The van der Waals surface area contributed by atoms with E-state index in [9.17, 15) is 4.79 Å². The van der Waals surface area contributed by atoms with E-state index in [1.54, 1.807) is 18.5 Å². The molecule has 1 aromatic heterocycles. The normalized spacial score (nSPS) is 16.4. The van der Waals surface area contributed by atoms with Crippen LogP contribution >= 0.6 is 0 Å². The van der Waals surface area contributed by atoms with Gasteiger partial charge in [0, 0.05) is 37.8 Å². The highest BCUT2D eigenvalue weighted by Crippen LogP contribution is 2.18. The molecule has 1 aromatic rings. The van der Waals surface area contributed by atoms with Crippen LogP contribution in [-0.2, 0) is 6.42 Å². The summed E-state index contributed by atoms with van der Waals surface area (Å²) in [6, 6.07) is 1.77. The van der Waals surface area contributed by atoms with Crippen molar-refractivity contribution in [2.75, 3.05) is 13.1 Å². The van der Waals surface area contributed by atoms with Gasteiger partial charge in [0.2, 0.25) is 0 Å². The molecule has 0 bridgehead atoms. The van der Waals surface area contributed by atoms with E-state index in [0.29, 0.717) is 19.0 Å². The number of nitrogens with zero attached hydrogens (tertiary/aromatic N) is 3. The van der Waals surface area contributed by atoms with E-state index in [1.165, 1.54) is 4.90 Å². The van der Waals surface area contributed by atoms with Gasteiger partial charge in [-0.2, -0.15) is 0 Å². The van der Waals surface area contributed by atoms with Gasteiger partial charge in [0.15, 0.2) is 0 Å². The third-order valence-electron chi connectivity index (χ3n) is 2.32. The van der Waals surface area contributed by atoms with Gasteiger partial charge >= 0.3 is 6.09 Å². The van der Waals surface area contributed by atoms with Crippen molar-refractivity contribution in [3.05, 3.63) is 24.3 Å². The van der Waals surface area contributed by atoms with Crippen molar-refractivity contribution in [3.63, 3.8) is 0 Å². The second-order valence-electron chi connectivity index (χ2n) is 3.42. The Morgan fingerprint density at radius 2 is 2.14 bits per heavy atom. The molecule has 1 fully saturated rings. The Hall–Kier alpha value is -1.65. The monoisotopic (exact) mass is 193 g/mol. The predicted molar refractivity (Wildman–Crippen MR) is 48.8 cm³/mol. The molecular formula is C9H11N3O2. The maximum atomic E-state index is 10.5. The summed E-state index contributed by atoms with van der Waals surface area (Å²) >= 11 is 0. The maximum Gasteiger partial charge on any atom is 0.407 e. The minimum Gasteiger partial charge on any atom is -0.465 e. The molecule has 5 heteroatoms. The van der Waals surface area contributed by atoms with Gasteiger partial charge in [-0.25, -0.2) is 14.8 Å². The highest BCUT2D eigenvalue weighted by Gasteiger charge is 2.30. The standard InChI is InChI=1S/C9H11N3O2/c13-9(14)12-5-7(6-12)4-8-10-2-1-3-11-8/h1-3,7H,4-6H2,(H,13,14). The van der Waals surface area contributed by atoms with Crippen LogP contribution in [-0.4, -0.2) is 39.2 Å². The summed E-state index contributed by atoms with van der Waals surface area (Å²) in [6.07, 6.45) is 3.34. The molecule has 0 radical (unpaired) electrons. The van der Waals surface area contributed by atoms with E-state index in [0.717, 1.165) is 12.2 Å². The smallest absolute Gasteiger partial charge is 0.407 e. The molecule has 0 spiro atoms. The molecule has 1 aliphatic rings. The summed E-state index contributed by atoms with van der Waals surface area (Å²) in [5.74, 6) is 1.18. The lowest BCUT2D eigenvalue weighted by Gasteiger charge is -2.36. The fourth-order valence-corrected chi connectivity index (χ4v) is 1.55. The van der Waals surface area contributed by atoms with Crippen LogP contribution < -0.4 is 0 Å². The molecule has 14 heavy (non-hydrogen) atoms. The molecule has 1 N–H and O–H groups in total. The van der Waals surface area contributed by atoms with Crippen LogP contribution in [0.3, 0.4) is 0 Å². The Bertz CT molecular complexity index is 322. The molecule has 0 aromatic carbocycles. The van der Waals surface area contributed by atoms with Crippen LogP contribution in [0.2, 0.25) is 0 Å². The lowest BCUT2D eigenvalue weighted by molar-refractivity contribution is 0.0811. The first-order chi connectivity index (χ1) is 6.75. The SMILES string of the molecule is O=C(O)N1CC(Cc2ncccn2)C1. The molecule has 1 amide bonds. The number of amides is 1. The Labute approximate surface area is 81.4 Å². The van der Waals surface area contributed by atoms with Crippen LogP contribution in [0.1, 0.15) is 5.82 Å². The van der Waals surface area contributed by atoms with Crippen molar-refractivity contribution >= 4 is 6.09 Å². The zero-order chi connectivity index (χ0) is 9.97. The first-order valence-electron chi connectivity index (χ1n) is 4.49. The molecule has 2 rings (SSSR count). The zero-order valence-corrected chi connectivity index (χ0v) is 7.63. The number of likely N-dealkylation sites (tertiary alicyclic amines) is 1. The minimum atomic E-state index is -0.838. The Balaban J connectivity index is 1.82. The Kier molecular flexibility index (Phi) is 2.30. The van der Waals surface area contributed by atoms with E-state index in [1.807, 2.05) is 0 Å². The summed E-state index contributed by atoms with van der Waals surface area (Å²) < 4.78 is 0. The second-order valence-corrected chi connectivity index (χ2v) is 3.42. The highest BCUT2D eigenvalue weighted by molar-refractivity contribution is 5.66. The number of rotatable bonds is 2. The number of carbonyl (C=O) groups is 1. The van der Waals surface area contributed by atoms with Crippen LogP contribution in [0.4, 0.5) is 4.79 Å². The van der Waals surface area contributed by atoms with Crippen LogP contribution in [0, 0.1) is 5.92 Å². The average Bonchev–Trinajstić information content (AvgIpc) is 2.12. The van der Waals surface area contributed by atoms with E-state index < -0.39 is 6.09 Å². The van der Waals surface area contributed by atoms with Gasteiger partial charge in [0.1, 0.15) is 5.82 Å². The predicted octanol–water partition coefficient (Wildman–Crippen LogP) is 0.629. The number of hydrogen-bond donors (Lipinski definition) is 1. The summed E-state index contributed by atoms with van der Waals surface area (Å²) in [5, 5.41) is 8.61. The van der Waals surface area contributed by atoms with Crippen molar-refractivity contribution in [1.29, 1.82) is 0 Å². The van der Waals surface area contributed by atoms with Crippen molar-refractivity contribution < 1.29 is 9.90 Å². The third kappa shape index (κ3) is 1.81. The molecule has 74 valence electrons. The van der Waals surface area contributed by atoms with Crippen molar-refractivity contribution in [2.45, 2.75) is 6.42 Å². The molecule has 1 saturated heterocycles. The van der Waals surface area contributed by atoms with Gasteiger partial charge in [0.05, 0.1) is 0 Å². The summed E-state index contributed by atoms with van der Waals surface area (Å²) in [5.41, 5.74) is 0. The van der Waals surface area contributed by atoms with Crippen molar-refractivity contribution in [3.8, 4) is 0 Å². The largest absolute Gasteiger partial charge is 0.465 e. The Morgan fingerprint density at radius 3 is 2.71 bits per heavy atom. The van der Waals surface area contributed by atoms with Crippen LogP contribution in [0.25, 0.3) is 0 Å². The number of carboxylic acid groups (broad SMARTS) is 1. The third-order valence-corrected chi connectivity index (χ3v) is 2.32. The summed E-state index contributed by atoms with van der Waals surface area (Å²) in [7, 11) is 0. The minimum absolute atomic E-state index is 0.383. The van der Waals surface area contributed by atoms with Gasteiger partial charge in [-0.3, -0.25) is 0 Å². The van der Waals surface area contributed by atoms with E-state index in [2.05, 4.69) is 9.97 Å². The molecule has 0 atom stereocenters. The lowest BCUT2D eigenvalue weighted by atomic mass is 9.97. The fraction of sp³-hybridized carbons (Fsp3) is 0.444. The van der Waals surface area contributed by atoms with Gasteiger partial charge in [-0.1, -0.05) is 0 Å². The highest BCUT2D eigenvalue weighted by atomic mass is 16.4. The summed E-state index contributed by atoms with van der Waals surface area (Å²) in [4.78, 5) is 20.1. The van der Waals surface area contributed by atoms with Crippen LogP contribution in [0.15, 0.2) is 18.5 Å². The van der Waals surface area contributed by atoms with E-state index in [-0.39, 0.29) is 0 Å². The zero-order valence-electron chi connectivity index (χ0n) is 7.63. The second kappa shape index (κ2) is 3.61. The Morgan fingerprint density at radius 1 is 1.50 bits per heavy atom. The van der Waals surface area contributed by atoms with Crippen molar-refractivity contribution in [1.82, 2.24) is 14.9 Å². The number of hydrogen-bond acceptors (Lipinski definition) is 3. The summed E-state index contributed by atoms with van der Waals surface area (Å²) in [6.45, 7) is 1.21. The molecule has 1 aliphatic heterocycles. The van der Waals surface area contributed by atoms with Crippen molar-refractivity contribution in [2.24, 2.45) is 5.92 Å². The topological polar surface area (TPSA) is 66.3 Å². The van der Waals surface area contributed by atoms with Gasteiger partial charge in [-0.05, 0) is 6.07 Å². The molecular weight excluding hydrogens is 182 g/mol. The molecule has 2 heterocycles. The lowest BCUT2D eigenvalue weighted by Crippen LogP contribution is -2.50. The molecule has 0 unspecified atom stereocenters. The quantitative estimate of drug-likeness (QED) is 0.748. The molecule has 0 aliphatic carbocycles. The van der Waals surface area contributed by atoms with Gasteiger partial charge in [-0.15, -0.1) is 0 Å². The average molecular weight is 193 g/mol. The maximum absolute atomic E-state index is 10.5. The fourth-order valence-electron chi connectivity index (χ4n) is 1.55. The van der Waals surface area contributed by atoms with Gasteiger partial charge in [0.25, 0.3) is 0 Å². The molecule has 5 nitrogen and oxygen atoms in total. The first kappa shape index (κ1) is 8.93. The van der Waals surface area contributed by atoms with E-state index >= 15 is 0 Å². The first-order valence-corrected chi connectivity index (χ1v) is 4.49. The van der Waals surface area contributed by atoms with Gasteiger partial charge < -0.3 is 10.0 Å². The number of aromatic nitrogens is 2. The van der Waals surface area contributed by atoms with E-state index in [4.69, 9.17) is 5.11 Å².